The summed E-state index contributed by atoms with van der Waals surface area (Å²) in [6, 6.07) is 5.88. The molecule has 78 valence electrons. The number of alkyl halides is 1. The van der Waals surface area contributed by atoms with Crippen LogP contribution in [0.15, 0.2) is 18.2 Å². The Hall–Kier alpha value is -0.490. The molecule has 0 N–H and O–H groups in total. The first-order chi connectivity index (χ1) is 6.81. The van der Waals surface area contributed by atoms with E-state index in [1.165, 1.54) is 5.56 Å². The molecular formula is C10H13IO3. The van der Waals surface area contributed by atoms with Crippen molar-refractivity contribution in [3.8, 4) is 11.5 Å². The topological polar surface area (TPSA) is 27.7 Å². The average molecular weight is 308 g/mol. The highest BCUT2D eigenvalue weighted by Crippen LogP contribution is 2.28. The molecule has 0 atom stereocenters. The van der Waals surface area contributed by atoms with Crippen molar-refractivity contribution in [2.24, 2.45) is 0 Å². The first-order valence-electron chi connectivity index (χ1n) is 4.16. The van der Waals surface area contributed by atoms with Gasteiger partial charge in [-0.05, 0) is 17.7 Å². The Morgan fingerprint density at radius 2 is 2.00 bits per heavy atom. The van der Waals surface area contributed by atoms with Crippen LogP contribution >= 0.6 is 22.6 Å². The molecule has 1 aromatic carbocycles. The molecule has 0 heterocycles. The Morgan fingerprint density at radius 1 is 1.21 bits per heavy atom. The van der Waals surface area contributed by atoms with Crippen LogP contribution < -0.4 is 9.47 Å². The molecule has 3 nitrogen and oxygen atoms in total. The third-order valence-electron chi connectivity index (χ3n) is 1.71. The Balaban J connectivity index is 2.82. The van der Waals surface area contributed by atoms with Crippen LogP contribution in [0, 0.1) is 0 Å². The molecular weight excluding hydrogens is 295 g/mol. The van der Waals surface area contributed by atoms with Gasteiger partial charge in [-0.15, -0.1) is 0 Å². The monoisotopic (exact) mass is 308 g/mol. The number of ether oxygens (including phenoxy) is 3. The van der Waals surface area contributed by atoms with Crippen molar-refractivity contribution < 1.29 is 14.2 Å². The van der Waals surface area contributed by atoms with Crippen molar-refractivity contribution in [2.75, 3.05) is 21.0 Å². The lowest BCUT2D eigenvalue weighted by atomic mass is 10.2. The molecule has 14 heavy (non-hydrogen) atoms. The van der Waals surface area contributed by atoms with Crippen LogP contribution in [0.2, 0.25) is 0 Å². The summed E-state index contributed by atoms with van der Waals surface area (Å²) in [4.78, 5) is 0. The minimum absolute atomic E-state index is 0.236. The average Bonchev–Trinajstić information content (AvgIpc) is 2.26. The summed E-state index contributed by atoms with van der Waals surface area (Å²) in [6.07, 6.45) is 0. The fourth-order valence-corrected chi connectivity index (χ4v) is 1.51. The first kappa shape index (κ1) is 11.6. The first-order valence-corrected chi connectivity index (χ1v) is 5.69. The molecule has 0 aromatic heterocycles. The second kappa shape index (κ2) is 6.08. The van der Waals surface area contributed by atoms with Crippen molar-refractivity contribution in [1.29, 1.82) is 0 Å². The van der Waals surface area contributed by atoms with E-state index >= 15 is 0 Å². The lowest BCUT2D eigenvalue weighted by molar-refractivity contribution is 0.0491. The Bertz CT molecular complexity index is 289. The van der Waals surface area contributed by atoms with Gasteiger partial charge < -0.3 is 14.2 Å². The van der Waals surface area contributed by atoms with Gasteiger partial charge >= 0.3 is 0 Å². The quantitative estimate of drug-likeness (QED) is 0.475. The largest absolute Gasteiger partial charge is 0.493 e. The molecule has 0 fully saturated rings. The van der Waals surface area contributed by atoms with Gasteiger partial charge in [-0.25, -0.2) is 0 Å². The molecule has 0 unspecified atom stereocenters. The van der Waals surface area contributed by atoms with Crippen LogP contribution in [0.5, 0.6) is 11.5 Å². The van der Waals surface area contributed by atoms with Gasteiger partial charge in [-0.3, -0.25) is 0 Å². The van der Waals surface area contributed by atoms with E-state index in [0.717, 1.165) is 10.2 Å². The number of hydrogen-bond donors (Lipinski definition) is 0. The van der Waals surface area contributed by atoms with E-state index in [-0.39, 0.29) is 6.79 Å². The van der Waals surface area contributed by atoms with Gasteiger partial charge in [0.1, 0.15) is 0 Å². The number of rotatable bonds is 5. The zero-order chi connectivity index (χ0) is 10.4. The summed E-state index contributed by atoms with van der Waals surface area (Å²) in [6.45, 7) is 0.236. The second-order valence-corrected chi connectivity index (χ2v) is 3.43. The summed E-state index contributed by atoms with van der Waals surface area (Å²) in [5.41, 5.74) is 1.22. The molecule has 1 aromatic rings. The summed E-state index contributed by atoms with van der Waals surface area (Å²) < 4.78 is 16.3. The van der Waals surface area contributed by atoms with E-state index < -0.39 is 0 Å². The lowest BCUT2D eigenvalue weighted by Gasteiger charge is -2.10. The van der Waals surface area contributed by atoms with E-state index in [9.17, 15) is 0 Å². The highest BCUT2D eigenvalue weighted by atomic mass is 127. The molecule has 1 rings (SSSR count). The molecule has 0 amide bonds. The second-order valence-electron chi connectivity index (χ2n) is 2.67. The third-order valence-corrected chi connectivity index (χ3v) is 2.60. The standard InChI is InChI=1S/C10H13IO3/c1-12-7-14-9-4-3-8(6-11)5-10(9)13-2/h3-5H,6-7H2,1-2H3. The number of methoxy groups -OCH3 is 2. The smallest absolute Gasteiger partial charge is 0.188 e. The van der Waals surface area contributed by atoms with Crippen LogP contribution in [0.3, 0.4) is 0 Å². The maximum absolute atomic E-state index is 5.33. The van der Waals surface area contributed by atoms with Crippen molar-refractivity contribution in [2.45, 2.75) is 4.43 Å². The molecule has 0 radical (unpaired) electrons. The zero-order valence-corrected chi connectivity index (χ0v) is 10.4. The predicted molar refractivity (Wildman–Crippen MR) is 63.2 cm³/mol. The normalized spacial score (nSPS) is 9.93. The van der Waals surface area contributed by atoms with E-state index in [2.05, 4.69) is 22.6 Å². The Labute approximate surface area is 97.5 Å². The molecule has 0 saturated carbocycles. The van der Waals surface area contributed by atoms with Gasteiger partial charge in [0.15, 0.2) is 18.3 Å². The fourth-order valence-electron chi connectivity index (χ4n) is 1.04. The van der Waals surface area contributed by atoms with Crippen LogP contribution in [0.1, 0.15) is 5.56 Å². The molecule has 0 aliphatic heterocycles. The van der Waals surface area contributed by atoms with Crippen LogP contribution in [0.4, 0.5) is 0 Å². The Morgan fingerprint density at radius 3 is 2.57 bits per heavy atom. The van der Waals surface area contributed by atoms with Gasteiger partial charge in [0.2, 0.25) is 0 Å². The highest BCUT2D eigenvalue weighted by molar-refractivity contribution is 14.1. The van der Waals surface area contributed by atoms with Gasteiger partial charge in [-0.2, -0.15) is 0 Å². The van der Waals surface area contributed by atoms with Gasteiger partial charge in [0, 0.05) is 11.5 Å². The van der Waals surface area contributed by atoms with Crippen LogP contribution in [0.25, 0.3) is 0 Å². The number of benzene rings is 1. The maximum atomic E-state index is 5.33. The molecule has 0 bridgehead atoms. The van der Waals surface area contributed by atoms with Gasteiger partial charge in [0.25, 0.3) is 0 Å². The molecule has 0 saturated heterocycles. The summed E-state index contributed by atoms with van der Waals surface area (Å²) in [5.74, 6) is 1.46. The van der Waals surface area contributed by atoms with Crippen LogP contribution in [-0.4, -0.2) is 21.0 Å². The zero-order valence-electron chi connectivity index (χ0n) is 8.25. The van der Waals surface area contributed by atoms with E-state index in [0.29, 0.717) is 5.75 Å². The van der Waals surface area contributed by atoms with E-state index in [1.807, 2.05) is 18.2 Å². The minimum Gasteiger partial charge on any atom is -0.493 e. The number of hydrogen-bond acceptors (Lipinski definition) is 3. The predicted octanol–water partition coefficient (Wildman–Crippen LogP) is 2.61. The van der Waals surface area contributed by atoms with Gasteiger partial charge in [-0.1, -0.05) is 28.7 Å². The SMILES string of the molecule is COCOc1ccc(CI)cc1OC. The molecule has 0 aliphatic rings. The lowest BCUT2D eigenvalue weighted by Crippen LogP contribution is -2.00. The molecule has 0 aliphatic carbocycles. The highest BCUT2D eigenvalue weighted by Gasteiger charge is 2.04. The molecule has 0 spiro atoms. The van der Waals surface area contributed by atoms with E-state index in [4.69, 9.17) is 14.2 Å². The van der Waals surface area contributed by atoms with E-state index in [1.54, 1.807) is 14.2 Å². The summed E-state index contributed by atoms with van der Waals surface area (Å²) in [5, 5.41) is 0. The van der Waals surface area contributed by atoms with Crippen molar-refractivity contribution in [3.63, 3.8) is 0 Å². The third kappa shape index (κ3) is 3.02. The van der Waals surface area contributed by atoms with Crippen molar-refractivity contribution in [1.82, 2.24) is 0 Å². The van der Waals surface area contributed by atoms with Crippen molar-refractivity contribution in [3.05, 3.63) is 23.8 Å². The summed E-state index contributed by atoms with van der Waals surface area (Å²) >= 11 is 2.31. The van der Waals surface area contributed by atoms with Crippen LogP contribution in [-0.2, 0) is 9.16 Å². The Kier molecular flexibility index (Phi) is 5.03. The number of halogens is 1. The maximum Gasteiger partial charge on any atom is 0.188 e. The summed E-state index contributed by atoms with van der Waals surface area (Å²) in [7, 11) is 3.22. The fraction of sp³-hybridized carbons (Fsp3) is 0.400. The van der Waals surface area contributed by atoms with Gasteiger partial charge in [0.05, 0.1) is 7.11 Å². The van der Waals surface area contributed by atoms with Crippen molar-refractivity contribution >= 4 is 22.6 Å². The minimum atomic E-state index is 0.236. The molecule has 4 heteroatoms.